The van der Waals surface area contributed by atoms with Crippen LogP contribution in [0, 0.1) is 27.7 Å². The number of aryl methyl sites for hydroxylation is 4. The number of ether oxygens (including phenoxy) is 1. The van der Waals surface area contributed by atoms with Crippen molar-refractivity contribution >= 4 is 50.8 Å². The Morgan fingerprint density at radius 1 is 0.803 bits per heavy atom. The van der Waals surface area contributed by atoms with Gasteiger partial charge in [0.15, 0.2) is 0 Å². The molecule has 0 saturated carbocycles. The minimum absolute atomic E-state index is 0.176. The van der Waals surface area contributed by atoms with E-state index in [9.17, 15) is 26.5 Å². The summed E-state index contributed by atoms with van der Waals surface area (Å²) in [5.74, 6) is 0.304. The molecule has 1 unspecified atom stereocenters. The molecule has 9 nitrogen and oxygen atoms in total. The zero-order valence-electron chi connectivity index (χ0n) is 34.9. The molecule has 7 rings (SSSR count). The summed E-state index contributed by atoms with van der Waals surface area (Å²) in [4.78, 5) is 9.35. The fourth-order valence-electron chi connectivity index (χ4n) is 6.79. The third-order valence-corrected chi connectivity index (χ3v) is 11.7. The molecule has 61 heavy (non-hydrogen) atoms. The lowest BCUT2D eigenvalue weighted by atomic mass is 9.90. The number of hydrogen-bond donors (Lipinski definition) is 1. The lowest BCUT2D eigenvalue weighted by Gasteiger charge is -2.24. The van der Waals surface area contributed by atoms with Gasteiger partial charge in [0, 0.05) is 51.5 Å². The molecule has 0 spiro atoms. The van der Waals surface area contributed by atoms with Gasteiger partial charge in [-0.25, -0.2) is 13.2 Å². The molecule has 1 aliphatic rings. The molecule has 6 aromatic rings. The van der Waals surface area contributed by atoms with Gasteiger partial charge in [0.2, 0.25) is 0 Å². The van der Waals surface area contributed by atoms with Gasteiger partial charge in [-0.15, -0.1) is 0 Å². The summed E-state index contributed by atoms with van der Waals surface area (Å²) in [6.07, 6.45) is 4.58. The Kier molecular flexibility index (Phi) is 14.8. The van der Waals surface area contributed by atoms with E-state index in [0.717, 1.165) is 43.4 Å². The molecular weight excluding hydrogens is 807 g/mol. The summed E-state index contributed by atoms with van der Waals surface area (Å²) in [5, 5.41) is 9.59. The Hall–Kier alpha value is -6.37. The molecule has 314 valence electrons. The molecule has 0 saturated heterocycles. The maximum Gasteiger partial charge on any atom is 0.330 e. The van der Waals surface area contributed by atoms with Crippen molar-refractivity contribution in [1.82, 2.24) is 0 Å². The van der Waals surface area contributed by atoms with Crippen LogP contribution in [-0.2, 0) is 32.6 Å². The van der Waals surface area contributed by atoms with E-state index in [1.165, 1.54) is 47.9 Å². The molecule has 0 fully saturated rings. The van der Waals surface area contributed by atoms with Gasteiger partial charge >= 0.3 is 5.97 Å². The molecule has 0 bridgehead atoms. The molecule has 1 atom stereocenters. The fraction of sp³-hybridized carbons (Fsp3) is 0.140. The second-order valence-electron chi connectivity index (χ2n) is 14.6. The van der Waals surface area contributed by atoms with Crippen molar-refractivity contribution in [3.63, 3.8) is 0 Å². The molecule has 11 heteroatoms. The van der Waals surface area contributed by atoms with E-state index >= 15 is 0 Å². The fourth-order valence-corrected chi connectivity index (χ4v) is 7.77. The summed E-state index contributed by atoms with van der Waals surface area (Å²) in [6.45, 7) is 16.6. The third-order valence-electron chi connectivity index (χ3n) is 10.2. The number of rotatable bonds is 9. The molecule has 1 N–H and O–H groups in total. The van der Waals surface area contributed by atoms with Gasteiger partial charge in [-0.2, -0.15) is 0 Å². The van der Waals surface area contributed by atoms with E-state index in [-0.39, 0.29) is 10.5 Å². The summed E-state index contributed by atoms with van der Waals surface area (Å²) >= 11 is -2.21. The Morgan fingerprint density at radius 3 is 1.95 bits per heavy atom. The van der Waals surface area contributed by atoms with Gasteiger partial charge in [-0.05, 0) is 133 Å². The van der Waals surface area contributed by atoms with Crippen LogP contribution >= 0.6 is 0 Å². The first-order chi connectivity index (χ1) is 28.9. The minimum Gasteiger partial charge on any atom is -0.755 e. The monoisotopic (exact) mass is 853 g/mol. The topological polar surface area (TPSA) is 147 Å². The van der Waals surface area contributed by atoms with E-state index in [1.807, 2.05) is 48.5 Å². The van der Waals surface area contributed by atoms with Crippen LogP contribution in [0.3, 0.4) is 0 Å². The van der Waals surface area contributed by atoms with Crippen molar-refractivity contribution in [3.8, 4) is 11.5 Å². The smallest absolute Gasteiger partial charge is 0.330 e. The third kappa shape index (κ3) is 11.3. The molecule has 1 aliphatic heterocycles. The molecular formula is C50H47NO8S2-2. The number of carbonyl (C=O) groups is 1. The first-order valence-electron chi connectivity index (χ1n) is 19.2. The van der Waals surface area contributed by atoms with Gasteiger partial charge in [0.25, 0.3) is 0 Å². The van der Waals surface area contributed by atoms with Gasteiger partial charge < -0.3 is 23.3 Å². The van der Waals surface area contributed by atoms with Crippen LogP contribution in [0.5, 0.6) is 11.5 Å². The SMILES string of the molecule is C=C(C)C(=O)O.C=Cc1ccc(N(C)S(=O)[O-])cc1.Cc1cccc(C)c1/C=c1\ccc2c(c1)Oc1cc(Cc3c(C)cccc3C)ccc1C=2c1ccccc1S(=O)(=O)[O-]. The maximum atomic E-state index is 12.4. The van der Waals surface area contributed by atoms with E-state index in [2.05, 4.69) is 83.3 Å². The van der Waals surface area contributed by atoms with E-state index in [4.69, 9.17) is 9.84 Å². The van der Waals surface area contributed by atoms with Gasteiger partial charge in [-0.3, -0.25) is 4.21 Å². The van der Waals surface area contributed by atoms with Crippen LogP contribution < -0.4 is 19.5 Å². The Bertz CT molecular complexity index is 2850. The number of aliphatic carboxylic acids is 1. The second-order valence-corrected chi connectivity index (χ2v) is 16.9. The lowest BCUT2D eigenvalue weighted by molar-refractivity contribution is -0.132. The average molecular weight is 854 g/mol. The zero-order chi connectivity index (χ0) is 44.6. The van der Waals surface area contributed by atoms with Crippen molar-refractivity contribution < 1.29 is 36.4 Å². The lowest BCUT2D eigenvalue weighted by Crippen LogP contribution is -2.21. The Morgan fingerprint density at radius 2 is 1.39 bits per heavy atom. The van der Waals surface area contributed by atoms with Crippen molar-refractivity contribution in [2.45, 2.75) is 45.9 Å². The van der Waals surface area contributed by atoms with Crippen molar-refractivity contribution in [1.29, 1.82) is 0 Å². The van der Waals surface area contributed by atoms with Gasteiger partial charge in [0.05, 0.1) is 4.90 Å². The van der Waals surface area contributed by atoms with E-state index < -0.39 is 27.4 Å². The second kappa shape index (κ2) is 19.8. The average Bonchev–Trinajstić information content (AvgIpc) is 3.22. The van der Waals surface area contributed by atoms with Gasteiger partial charge in [-0.1, -0.05) is 104 Å². The van der Waals surface area contributed by atoms with Crippen LogP contribution in [0.25, 0.3) is 17.7 Å². The van der Waals surface area contributed by atoms with Crippen molar-refractivity contribution in [2.75, 3.05) is 11.4 Å². The Balaban J connectivity index is 0.000000307. The molecule has 0 radical (unpaired) electrons. The number of benzene rings is 6. The first kappa shape index (κ1) is 45.7. The molecule has 0 aliphatic carbocycles. The van der Waals surface area contributed by atoms with Crippen LogP contribution in [0.2, 0.25) is 0 Å². The van der Waals surface area contributed by atoms with E-state index in [1.54, 1.807) is 36.4 Å². The van der Waals surface area contributed by atoms with Crippen LogP contribution in [0.1, 0.15) is 62.6 Å². The zero-order valence-corrected chi connectivity index (χ0v) is 36.5. The summed E-state index contributed by atoms with van der Waals surface area (Å²) in [6, 6.07) is 38.0. The molecule has 0 amide bonds. The highest BCUT2D eigenvalue weighted by atomic mass is 32.2. The van der Waals surface area contributed by atoms with Crippen LogP contribution in [-0.4, -0.2) is 39.9 Å². The van der Waals surface area contributed by atoms with Crippen molar-refractivity contribution in [2.24, 2.45) is 0 Å². The largest absolute Gasteiger partial charge is 0.755 e. The highest BCUT2D eigenvalue weighted by molar-refractivity contribution is 7.85. The molecule has 0 aromatic heterocycles. The standard InChI is InChI=1S/C37H32O4S.C9H11NO2S.C4H6O2/c1-23-9-7-10-24(2)32(23)19-27-15-17-29-34(21-27)41-35-22-28(20-33-25(3)11-8-12-26(33)4)16-18-30(35)37(29)31-13-5-6-14-36(31)42(38,39)40;1-3-8-4-6-9(7-5-8)10(2)13(11)12;1-3(2)4(5)6/h5-19,21-22H,20H2,1-4H3,(H,38,39,40);3-7H,1H2,2H3,(H,11,12);1H2,2H3,(H,5,6)/p-2/b27-19+;;. The highest BCUT2D eigenvalue weighted by Gasteiger charge is 2.24. The summed E-state index contributed by atoms with van der Waals surface area (Å²) < 4.78 is 65.9. The predicted molar refractivity (Wildman–Crippen MR) is 243 cm³/mol. The number of hydrogen-bond acceptors (Lipinski definition) is 7. The Labute approximate surface area is 360 Å². The normalized spacial score (nSPS) is 12.3. The maximum absolute atomic E-state index is 12.4. The quantitative estimate of drug-likeness (QED) is 0.0862. The number of nitrogens with zero attached hydrogens (tertiary/aromatic N) is 1. The van der Waals surface area contributed by atoms with Gasteiger partial charge in [0.1, 0.15) is 21.6 Å². The van der Waals surface area contributed by atoms with Crippen molar-refractivity contribution in [3.05, 3.63) is 206 Å². The molecule has 1 heterocycles. The number of anilines is 1. The van der Waals surface area contributed by atoms with Crippen LogP contribution in [0.15, 0.2) is 145 Å². The summed E-state index contributed by atoms with van der Waals surface area (Å²) in [7, 11) is -3.23. The minimum atomic E-state index is -4.72. The first-order valence-corrected chi connectivity index (χ1v) is 21.6. The number of carboxylic acid groups (broad SMARTS) is 1. The number of fused-ring (bicyclic) bond motifs is 2. The van der Waals surface area contributed by atoms with E-state index in [0.29, 0.717) is 28.3 Å². The summed E-state index contributed by atoms with van der Waals surface area (Å²) in [5.41, 5.74) is 11.9. The van der Waals surface area contributed by atoms with Crippen LogP contribution in [0.4, 0.5) is 5.69 Å². The molecule has 6 aromatic carbocycles. The highest BCUT2D eigenvalue weighted by Crippen LogP contribution is 2.39. The number of carboxylic acids is 1. The predicted octanol–water partition coefficient (Wildman–Crippen LogP) is 8.80.